The highest BCUT2D eigenvalue weighted by molar-refractivity contribution is 5.90. The molecule has 4 rings (SSSR count). The molecule has 0 unspecified atom stereocenters. The molecular weight excluding hydrogens is 446 g/mol. The van der Waals surface area contributed by atoms with Crippen LogP contribution in [0.2, 0.25) is 0 Å². The minimum Gasteiger partial charge on any atom is -0.497 e. The minimum absolute atomic E-state index is 0.0395. The van der Waals surface area contributed by atoms with Crippen LogP contribution in [0.15, 0.2) is 60.8 Å². The molecule has 2 N–H and O–H groups in total. The maximum Gasteiger partial charge on any atom is 0.325 e. The molecule has 184 valence electrons. The first-order valence-corrected chi connectivity index (χ1v) is 11.8. The van der Waals surface area contributed by atoms with E-state index in [4.69, 9.17) is 9.84 Å². The largest absolute Gasteiger partial charge is 0.497 e. The number of aromatic nitrogens is 1. The van der Waals surface area contributed by atoms with Gasteiger partial charge < -0.3 is 19.5 Å². The Morgan fingerprint density at radius 3 is 2.46 bits per heavy atom. The van der Waals surface area contributed by atoms with E-state index in [1.54, 1.807) is 19.4 Å². The van der Waals surface area contributed by atoms with Crippen molar-refractivity contribution in [1.82, 2.24) is 14.4 Å². The summed E-state index contributed by atoms with van der Waals surface area (Å²) in [5.74, 6) is -1.18. The van der Waals surface area contributed by atoms with Gasteiger partial charge in [-0.3, -0.25) is 19.4 Å². The number of aryl methyl sites for hydroxylation is 1. The van der Waals surface area contributed by atoms with Gasteiger partial charge in [0.1, 0.15) is 11.8 Å². The Bertz CT molecular complexity index is 1200. The number of methoxy groups -OCH3 is 1. The first-order valence-electron chi connectivity index (χ1n) is 11.8. The number of fused-ring (bicyclic) bond motifs is 1. The highest BCUT2D eigenvalue weighted by Gasteiger charge is 2.32. The lowest BCUT2D eigenvalue weighted by Gasteiger charge is -2.37. The minimum atomic E-state index is -0.914. The van der Waals surface area contributed by atoms with E-state index in [1.807, 2.05) is 39.8 Å². The van der Waals surface area contributed by atoms with Crippen molar-refractivity contribution >= 4 is 28.9 Å². The van der Waals surface area contributed by atoms with Gasteiger partial charge in [0.25, 0.3) is 0 Å². The highest BCUT2D eigenvalue weighted by Crippen LogP contribution is 2.33. The SMILES string of the molecule is COc1ccc2c(c1)c([C@@H](C(=O)O)N1CCN(C/C=C/c3ccccc3)CC1)cn2CCC(=O)O. The average molecular weight is 478 g/mol. The molecule has 1 atom stereocenters. The predicted molar refractivity (Wildman–Crippen MR) is 135 cm³/mol. The molecule has 0 amide bonds. The monoisotopic (exact) mass is 477 g/mol. The molecule has 8 nitrogen and oxygen atoms in total. The molecular formula is C27H31N3O5. The Morgan fingerprint density at radius 2 is 1.80 bits per heavy atom. The molecule has 8 heteroatoms. The van der Waals surface area contributed by atoms with Gasteiger partial charge in [-0.05, 0) is 23.8 Å². The summed E-state index contributed by atoms with van der Waals surface area (Å²) >= 11 is 0. The molecule has 2 aromatic carbocycles. The molecule has 1 fully saturated rings. The molecule has 3 aromatic rings. The number of rotatable bonds is 10. The van der Waals surface area contributed by atoms with Crippen LogP contribution in [0.3, 0.4) is 0 Å². The Morgan fingerprint density at radius 1 is 1.06 bits per heavy atom. The number of piperazine rings is 1. The van der Waals surface area contributed by atoms with Gasteiger partial charge in [-0.15, -0.1) is 0 Å². The van der Waals surface area contributed by atoms with Crippen molar-refractivity contribution in [2.45, 2.75) is 19.0 Å². The fourth-order valence-electron chi connectivity index (χ4n) is 4.64. The van der Waals surface area contributed by atoms with E-state index in [9.17, 15) is 14.7 Å². The van der Waals surface area contributed by atoms with Gasteiger partial charge >= 0.3 is 11.9 Å². The topological polar surface area (TPSA) is 95.2 Å². The summed E-state index contributed by atoms with van der Waals surface area (Å²) < 4.78 is 7.21. The maximum absolute atomic E-state index is 12.5. The lowest BCUT2D eigenvalue weighted by Crippen LogP contribution is -2.49. The lowest BCUT2D eigenvalue weighted by molar-refractivity contribution is -0.144. The van der Waals surface area contributed by atoms with Gasteiger partial charge in [0.15, 0.2) is 0 Å². The molecule has 0 aliphatic carbocycles. The van der Waals surface area contributed by atoms with Gasteiger partial charge in [0, 0.05) is 61.9 Å². The average Bonchev–Trinajstić information content (AvgIpc) is 3.21. The summed E-state index contributed by atoms with van der Waals surface area (Å²) in [4.78, 5) is 27.9. The Hall–Kier alpha value is -3.62. The quantitative estimate of drug-likeness (QED) is 0.461. The zero-order valence-corrected chi connectivity index (χ0v) is 19.8. The van der Waals surface area contributed by atoms with Crippen LogP contribution in [0.4, 0.5) is 0 Å². The van der Waals surface area contributed by atoms with Crippen LogP contribution in [-0.4, -0.2) is 76.4 Å². The fraction of sp³-hybridized carbons (Fsp3) is 0.333. The second kappa shape index (κ2) is 11.2. The van der Waals surface area contributed by atoms with Crippen molar-refractivity contribution in [1.29, 1.82) is 0 Å². The van der Waals surface area contributed by atoms with Crippen LogP contribution in [0.25, 0.3) is 17.0 Å². The van der Waals surface area contributed by atoms with E-state index in [0.29, 0.717) is 24.4 Å². The van der Waals surface area contributed by atoms with Gasteiger partial charge in [-0.1, -0.05) is 42.5 Å². The summed E-state index contributed by atoms with van der Waals surface area (Å²) in [6, 6.07) is 14.8. The molecule has 1 aliphatic rings. The van der Waals surface area contributed by atoms with E-state index in [2.05, 4.69) is 29.2 Å². The van der Waals surface area contributed by atoms with Crippen molar-refractivity contribution in [2.24, 2.45) is 0 Å². The summed E-state index contributed by atoms with van der Waals surface area (Å²) in [6.07, 6.45) is 6.00. The summed E-state index contributed by atoms with van der Waals surface area (Å²) in [5.41, 5.74) is 2.62. The third kappa shape index (κ3) is 5.90. The molecule has 1 aliphatic heterocycles. The maximum atomic E-state index is 12.5. The van der Waals surface area contributed by atoms with Crippen molar-refractivity contribution in [3.8, 4) is 5.75 Å². The van der Waals surface area contributed by atoms with E-state index in [1.165, 1.54) is 0 Å². The van der Waals surface area contributed by atoms with Crippen LogP contribution in [-0.2, 0) is 16.1 Å². The van der Waals surface area contributed by atoms with Crippen molar-refractivity contribution < 1.29 is 24.5 Å². The molecule has 1 saturated heterocycles. The number of hydrogen-bond donors (Lipinski definition) is 2. The molecule has 0 saturated carbocycles. The number of nitrogens with zero attached hydrogens (tertiary/aromatic N) is 3. The second-order valence-electron chi connectivity index (χ2n) is 8.70. The standard InChI is InChI=1S/C27H31N3O5/c1-35-21-9-10-24-22(18-21)23(19-30(24)13-11-25(31)32)26(27(33)34)29-16-14-28(15-17-29)12-5-8-20-6-3-2-4-7-20/h2-10,18-19,26H,11-17H2,1H3,(H,31,32)(H,33,34)/b8-5+/t26-/m0/s1. The molecule has 1 aromatic heterocycles. The van der Waals surface area contributed by atoms with E-state index in [0.717, 1.165) is 36.1 Å². The second-order valence-corrected chi connectivity index (χ2v) is 8.70. The molecule has 35 heavy (non-hydrogen) atoms. The number of ether oxygens (including phenoxy) is 1. The number of carboxylic acids is 2. The third-order valence-corrected chi connectivity index (χ3v) is 6.46. The number of carbonyl (C=O) groups is 2. The van der Waals surface area contributed by atoms with E-state index < -0.39 is 18.0 Å². The van der Waals surface area contributed by atoms with Gasteiger partial charge in [-0.25, -0.2) is 0 Å². The molecule has 0 spiro atoms. The van der Waals surface area contributed by atoms with Crippen LogP contribution < -0.4 is 4.74 Å². The van der Waals surface area contributed by atoms with E-state index >= 15 is 0 Å². The Labute approximate surface area is 204 Å². The molecule has 0 radical (unpaired) electrons. The fourth-order valence-corrected chi connectivity index (χ4v) is 4.64. The van der Waals surface area contributed by atoms with Gasteiger partial charge in [0.2, 0.25) is 0 Å². The zero-order chi connectivity index (χ0) is 24.8. The Kier molecular flexibility index (Phi) is 7.84. The first kappa shape index (κ1) is 24.5. The number of benzene rings is 2. The van der Waals surface area contributed by atoms with Crippen LogP contribution in [0, 0.1) is 0 Å². The molecule has 0 bridgehead atoms. The normalized spacial score (nSPS) is 16.0. The lowest BCUT2D eigenvalue weighted by atomic mass is 10.0. The summed E-state index contributed by atoms with van der Waals surface area (Å²) in [7, 11) is 1.57. The summed E-state index contributed by atoms with van der Waals surface area (Å²) in [6.45, 7) is 3.87. The van der Waals surface area contributed by atoms with Crippen LogP contribution in [0.5, 0.6) is 5.75 Å². The van der Waals surface area contributed by atoms with Crippen LogP contribution >= 0.6 is 0 Å². The van der Waals surface area contributed by atoms with Gasteiger partial charge in [-0.2, -0.15) is 0 Å². The number of aliphatic carboxylic acids is 2. The highest BCUT2D eigenvalue weighted by atomic mass is 16.5. The van der Waals surface area contributed by atoms with Crippen LogP contribution in [0.1, 0.15) is 23.6 Å². The third-order valence-electron chi connectivity index (χ3n) is 6.46. The molecule has 2 heterocycles. The van der Waals surface area contributed by atoms with Crippen molar-refractivity contribution in [3.05, 3.63) is 71.9 Å². The predicted octanol–water partition coefficient (Wildman–Crippen LogP) is 3.58. The summed E-state index contributed by atoms with van der Waals surface area (Å²) in [5, 5.41) is 20.1. The number of hydrogen-bond acceptors (Lipinski definition) is 5. The zero-order valence-electron chi connectivity index (χ0n) is 19.8. The van der Waals surface area contributed by atoms with Crippen molar-refractivity contribution in [2.75, 3.05) is 39.8 Å². The van der Waals surface area contributed by atoms with Gasteiger partial charge in [0.05, 0.1) is 13.5 Å². The smallest absolute Gasteiger partial charge is 0.325 e. The Balaban J connectivity index is 1.51. The van der Waals surface area contributed by atoms with E-state index in [-0.39, 0.29) is 13.0 Å². The van der Waals surface area contributed by atoms with Crippen molar-refractivity contribution in [3.63, 3.8) is 0 Å². The first-order chi connectivity index (χ1) is 17.0. The number of carboxylic acid groups (broad SMARTS) is 2.